The highest BCUT2D eigenvalue weighted by atomic mass is 16.6. The number of carboxylic acid groups (broad SMARTS) is 2. The summed E-state index contributed by atoms with van der Waals surface area (Å²) in [6, 6.07) is 0. The third-order valence-corrected chi connectivity index (χ3v) is 6.96. The highest BCUT2D eigenvalue weighted by molar-refractivity contribution is 5.82. The van der Waals surface area contributed by atoms with E-state index in [1.54, 1.807) is 27.7 Å². The Morgan fingerprint density at radius 1 is 0.886 bits per heavy atom. The molecule has 0 heterocycles. The molecule has 2 N–H and O–H groups in total. The smallest absolute Gasteiger partial charge is 0.311 e. The van der Waals surface area contributed by atoms with Gasteiger partial charge < -0.3 is 24.4 Å². The summed E-state index contributed by atoms with van der Waals surface area (Å²) in [6.45, 7) is 7.85. The van der Waals surface area contributed by atoms with Gasteiger partial charge in [0.2, 0.25) is 0 Å². The molecule has 1 fully saturated rings. The lowest BCUT2D eigenvalue weighted by Crippen LogP contribution is -2.41. The summed E-state index contributed by atoms with van der Waals surface area (Å²) >= 11 is 0. The zero-order chi connectivity index (χ0) is 26.8. The first kappa shape index (κ1) is 30.4. The van der Waals surface area contributed by atoms with Crippen molar-refractivity contribution in [1.29, 1.82) is 0 Å². The minimum Gasteiger partial charge on any atom is -0.481 e. The van der Waals surface area contributed by atoms with Gasteiger partial charge in [-0.05, 0) is 52.9 Å². The van der Waals surface area contributed by atoms with Crippen LogP contribution in [0.15, 0.2) is 0 Å². The van der Waals surface area contributed by atoms with Gasteiger partial charge in [0.05, 0.1) is 35.2 Å². The summed E-state index contributed by atoms with van der Waals surface area (Å²) in [6.07, 6.45) is 2.61. The Balaban J connectivity index is 2.72. The van der Waals surface area contributed by atoms with E-state index in [9.17, 15) is 34.2 Å². The number of carbonyl (C=O) groups is 5. The van der Waals surface area contributed by atoms with Crippen LogP contribution in [0.5, 0.6) is 0 Å². The first-order valence-electron chi connectivity index (χ1n) is 12.3. The Labute approximate surface area is 206 Å². The Kier molecular flexibility index (Phi) is 11.7. The first-order valence-corrected chi connectivity index (χ1v) is 12.3. The van der Waals surface area contributed by atoms with Crippen LogP contribution < -0.4 is 0 Å². The van der Waals surface area contributed by atoms with Crippen LogP contribution in [0.1, 0.15) is 79.6 Å². The molecule has 1 saturated carbocycles. The average molecular weight is 501 g/mol. The monoisotopic (exact) mass is 500 g/mol. The molecule has 35 heavy (non-hydrogen) atoms. The van der Waals surface area contributed by atoms with Crippen LogP contribution in [0.4, 0.5) is 0 Å². The third-order valence-electron chi connectivity index (χ3n) is 6.96. The second kappa shape index (κ2) is 13.4. The molecule has 0 aliphatic heterocycles. The number of hydrogen-bond acceptors (Lipinski definition) is 8. The molecule has 0 radical (unpaired) electrons. The lowest BCUT2D eigenvalue weighted by molar-refractivity contribution is -0.167. The molecule has 5 atom stereocenters. The molecule has 10 nitrogen and oxygen atoms in total. The lowest BCUT2D eigenvalue weighted by atomic mass is 9.68. The number of rotatable bonds is 14. The van der Waals surface area contributed by atoms with Gasteiger partial charge in [0.25, 0.3) is 0 Å². The fourth-order valence-electron chi connectivity index (χ4n) is 4.75. The maximum absolute atomic E-state index is 12.9. The fourth-order valence-corrected chi connectivity index (χ4v) is 4.75. The number of ether oxygens (including phenoxy) is 3. The third kappa shape index (κ3) is 8.50. The van der Waals surface area contributed by atoms with Gasteiger partial charge in [0.1, 0.15) is 13.2 Å². The summed E-state index contributed by atoms with van der Waals surface area (Å²) in [4.78, 5) is 60.8. The van der Waals surface area contributed by atoms with Crippen LogP contribution in [-0.4, -0.2) is 59.9 Å². The van der Waals surface area contributed by atoms with Crippen LogP contribution in [0.3, 0.4) is 0 Å². The van der Waals surface area contributed by atoms with Gasteiger partial charge in [-0.2, -0.15) is 0 Å². The second-order valence-corrected chi connectivity index (χ2v) is 9.95. The van der Waals surface area contributed by atoms with Crippen molar-refractivity contribution < 1.29 is 48.4 Å². The molecule has 0 aromatic rings. The zero-order valence-electron chi connectivity index (χ0n) is 21.5. The van der Waals surface area contributed by atoms with Gasteiger partial charge in [0.15, 0.2) is 0 Å². The minimum absolute atomic E-state index is 0.00617. The summed E-state index contributed by atoms with van der Waals surface area (Å²) in [5, 5.41) is 19.2. The maximum Gasteiger partial charge on any atom is 0.311 e. The number of carboxylic acids is 2. The lowest BCUT2D eigenvalue weighted by Gasteiger charge is -2.36. The molecule has 0 aromatic heterocycles. The number of hydrogen-bond donors (Lipinski definition) is 2. The Morgan fingerprint density at radius 2 is 1.46 bits per heavy atom. The molecule has 0 bridgehead atoms. The number of aliphatic carboxylic acids is 2. The predicted molar refractivity (Wildman–Crippen MR) is 124 cm³/mol. The van der Waals surface area contributed by atoms with E-state index in [-0.39, 0.29) is 32.7 Å². The topological polar surface area (TPSA) is 154 Å². The van der Waals surface area contributed by atoms with Crippen molar-refractivity contribution >= 4 is 29.8 Å². The van der Waals surface area contributed by atoms with Gasteiger partial charge in [-0.15, -0.1) is 0 Å². The van der Waals surface area contributed by atoms with E-state index in [4.69, 9.17) is 14.2 Å². The van der Waals surface area contributed by atoms with Crippen molar-refractivity contribution in [2.45, 2.75) is 79.6 Å². The predicted octanol–water partition coefficient (Wildman–Crippen LogP) is 3.45. The summed E-state index contributed by atoms with van der Waals surface area (Å²) in [5.41, 5.74) is -2.53. The number of esters is 3. The van der Waals surface area contributed by atoms with Crippen molar-refractivity contribution in [2.24, 2.45) is 28.6 Å². The average Bonchev–Trinajstić information content (AvgIpc) is 2.81. The standard InChI is InChI=1S/C25H40O10/c1-6-24(4,15-25(5,22(30)31)14-16(3)20(28)33-7-2)23(32)35-13-12-34-21(29)18-11-9-8-10-17(18)19(26)27/h16-18H,6-15H2,1-5H3,(H,26,27)(H,30,31). The van der Waals surface area contributed by atoms with E-state index in [1.165, 1.54) is 6.92 Å². The molecule has 10 heteroatoms. The van der Waals surface area contributed by atoms with Gasteiger partial charge in [0, 0.05) is 0 Å². The summed E-state index contributed by atoms with van der Waals surface area (Å²) in [5.74, 6) is -6.03. The van der Waals surface area contributed by atoms with E-state index >= 15 is 0 Å². The molecule has 5 unspecified atom stereocenters. The van der Waals surface area contributed by atoms with E-state index in [1.807, 2.05) is 0 Å². The van der Waals surface area contributed by atoms with Gasteiger partial charge in [-0.1, -0.05) is 26.7 Å². The fraction of sp³-hybridized carbons (Fsp3) is 0.800. The molecule has 0 saturated heterocycles. The minimum atomic E-state index is -1.38. The number of carbonyl (C=O) groups excluding carboxylic acids is 3. The Bertz CT molecular complexity index is 778. The van der Waals surface area contributed by atoms with E-state index in [2.05, 4.69) is 0 Å². The molecule has 200 valence electrons. The van der Waals surface area contributed by atoms with Crippen molar-refractivity contribution in [3.05, 3.63) is 0 Å². The molecule has 0 aromatic carbocycles. The molecule has 1 rings (SSSR count). The van der Waals surface area contributed by atoms with E-state index < -0.39 is 58.4 Å². The highest BCUT2D eigenvalue weighted by Crippen LogP contribution is 2.42. The van der Waals surface area contributed by atoms with E-state index in [0.29, 0.717) is 19.3 Å². The normalized spacial score (nSPS) is 22.1. The van der Waals surface area contributed by atoms with E-state index in [0.717, 1.165) is 12.8 Å². The Morgan fingerprint density at radius 3 is 1.97 bits per heavy atom. The molecule has 1 aliphatic rings. The van der Waals surface area contributed by atoms with Crippen LogP contribution in [0, 0.1) is 28.6 Å². The maximum atomic E-state index is 12.9. The molecule has 0 amide bonds. The van der Waals surface area contributed by atoms with Crippen LogP contribution in [0.25, 0.3) is 0 Å². The van der Waals surface area contributed by atoms with Crippen molar-refractivity contribution in [2.75, 3.05) is 19.8 Å². The van der Waals surface area contributed by atoms with Crippen molar-refractivity contribution in [3.8, 4) is 0 Å². The highest BCUT2D eigenvalue weighted by Gasteiger charge is 2.46. The van der Waals surface area contributed by atoms with Crippen molar-refractivity contribution in [1.82, 2.24) is 0 Å². The molecular weight excluding hydrogens is 460 g/mol. The van der Waals surface area contributed by atoms with Crippen LogP contribution >= 0.6 is 0 Å². The first-order chi connectivity index (χ1) is 16.3. The van der Waals surface area contributed by atoms with Gasteiger partial charge in [-0.3, -0.25) is 24.0 Å². The van der Waals surface area contributed by atoms with Gasteiger partial charge >= 0.3 is 29.8 Å². The van der Waals surface area contributed by atoms with Gasteiger partial charge in [-0.25, -0.2) is 0 Å². The second-order valence-electron chi connectivity index (χ2n) is 9.95. The molecule has 1 aliphatic carbocycles. The molecule has 0 spiro atoms. The van der Waals surface area contributed by atoms with Crippen molar-refractivity contribution in [3.63, 3.8) is 0 Å². The summed E-state index contributed by atoms with van der Waals surface area (Å²) < 4.78 is 15.5. The van der Waals surface area contributed by atoms with Crippen LogP contribution in [-0.2, 0) is 38.2 Å². The molecular formula is C25H40O10. The largest absolute Gasteiger partial charge is 0.481 e. The Hall–Kier alpha value is -2.65. The quantitative estimate of drug-likeness (QED) is 0.206. The summed E-state index contributed by atoms with van der Waals surface area (Å²) in [7, 11) is 0. The SMILES string of the molecule is CCOC(=O)C(C)CC(C)(CC(C)(CC)C(=O)OCCOC(=O)C1CCCCC1C(=O)O)C(=O)O. The zero-order valence-corrected chi connectivity index (χ0v) is 21.5. The van der Waals surface area contributed by atoms with Crippen LogP contribution in [0.2, 0.25) is 0 Å².